The van der Waals surface area contributed by atoms with Crippen LogP contribution in [0, 0.1) is 0 Å². The number of carbonyl (C=O) groups is 1. The zero-order valence-electron chi connectivity index (χ0n) is 9.78. The van der Waals surface area contributed by atoms with E-state index in [0.29, 0.717) is 38.4 Å². The van der Waals surface area contributed by atoms with Crippen LogP contribution in [0.2, 0.25) is 15.1 Å². The number of benzene rings is 1. The lowest BCUT2D eigenvalue weighted by atomic mass is 10.0. The van der Waals surface area contributed by atoms with Gasteiger partial charge in [0.25, 0.3) is 0 Å². The SMILES string of the molecule is COc1ccc(-c2cc(Cl)c(Cl)cc2Cl)c(C=O)n1. The van der Waals surface area contributed by atoms with E-state index in [9.17, 15) is 4.79 Å². The van der Waals surface area contributed by atoms with Crippen molar-refractivity contribution in [3.63, 3.8) is 0 Å². The van der Waals surface area contributed by atoms with Crippen molar-refractivity contribution in [3.05, 3.63) is 45.0 Å². The third-order valence-electron chi connectivity index (χ3n) is 2.52. The summed E-state index contributed by atoms with van der Waals surface area (Å²) >= 11 is 18.0. The second-order valence-electron chi connectivity index (χ2n) is 3.65. The van der Waals surface area contributed by atoms with E-state index in [0.717, 1.165) is 0 Å². The van der Waals surface area contributed by atoms with Gasteiger partial charge in [-0.2, -0.15) is 0 Å². The quantitative estimate of drug-likeness (QED) is 0.617. The molecule has 6 heteroatoms. The van der Waals surface area contributed by atoms with Crippen molar-refractivity contribution < 1.29 is 9.53 Å². The summed E-state index contributed by atoms with van der Waals surface area (Å²) in [6.45, 7) is 0. The number of hydrogen-bond acceptors (Lipinski definition) is 3. The summed E-state index contributed by atoms with van der Waals surface area (Å²) in [5, 5.41) is 1.10. The Hall–Kier alpha value is -1.29. The second kappa shape index (κ2) is 5.78. The standard InChI is InChI=1S/C13H8Cl3NO2/c1-19-13-3-2-7(12(6-18)17-13)8-4-10(15)11(16)5-9(8)14/h2-6H,1H3. The van der Waals surface area contributed by atoms with Crippen molar-refractivity contribution in [2.45, 2.75) is 0 Å². The third-order valence-corrected chi connectivity index (χ3v) is 3.55. The van der Waals surface area contributed by atoms with Gasteiger partial charge in [-0.1, -0.05) is 34.8 Å². The highest BCUT2D eigenvalue weighted by molar-refractivity contribution is 6.44. The Morgan fingerprint density at radius 3 is 2.37 bits per heavy atom. The Kier molecular flexibility index (Phi) is 4.30. The Morgan fingerprint density at radius 1 is 1.05 bits per heavy atom. The predicted molar refractivity (Wildman–Crippen MR) is 76.6 cm³/mol. The first kappa shape index (κ1) is 14.1. The molecule has 1 heterocycles. The molecular weight excluding hydrogens is 309 g/mol. The number of nitrogens with zero attached hydrogens (tertiary/aromatic N) is 1. The van der Waals surface area contributed by atoms with Gasteiger partial charge in [-0.3, -0.25) is 4.79 Å². The molecule has 0 saturated heterocycles. The summed E-state index contributed by atoms with van der Waals surface area (Å²) in [7, 11) is 1.47. The predicted octanol–water partition coefficient (Wildman–Crippen LogP) is 4.53. The Morgan fingerprint density at radius 2 is 1.74 bits per heavy atom. The van der Waals surface area contributed by atoms with E-state index in [1.165, 1.54) is 13.2 Å². The molecule has 0 N–H and O–H groups in total. The first-order valence-corrected chi connectivity index (χ1v) is 6.35. The average Bonchev–Trinajstić information content (AvgIpc) is 2.42. The Bertz CT molecular complexity index is 644. The van der Waals surface area contributed by atoms with Gasteiger partial charge in [0.15, 0.2) is 6.29 Å². The molecule has 0 aliphatic carbocycles. The zero-order valence-corrected chi connectivity index (χ0v) is 12.1. The van der Waals surface area contributed by atoms with Crippen LogP contribution in [0.5, 0.6) is 5.88 Å². The van der Waals surface area contributed by atoms with Gasteiger partial charge in [-0.25, -0.2) is 4.98 Å². The Balaban J connectivity index is 2.65. The Labute approximate surface area is 125 Å². The highest BCUT2D eigenvalue weighted by Crippen LogP contribution is 2.36. The van der Waals surface area contributed by atoms with Crippen molar-refractivity contribution >= 4 is 41.1 Å². The zero-order chi connectivity index (χ0) is 14.0. The van der Waals surface area contributed by atoms with Gasteiger partial charge in [-0.05, 0) is 18.2 Å². The normalized spacial score (nSPS) is 10.3. The maximum atomic E-state index is 11.1. The lowest BCUT2D eigenvalue weighted by Gasteiger charge is -2.09. The third kappa shape index (κ3) is 2.84. The number of aromatic nitrogens is 1. The number of aldehydes is 1. The molecule has 0 amide bonds. The molecule has 0 unspecified atom stereocenters. The van der Waals surface area contributed by atoms with Crippen molar-refractivity contribution in [3.8, 4) is 17.0 Å². The van der Waals surface area contributed by atoms with Gasteiger partial charge < -0.3 is 4.74 Å². The fraction of sp³-hybridized carbons (Fsp3) is 0.0769. The molecule has 0 radical (unpaired) electrons. The van der Waals surface area contributed by atoms with E-state index in [2.05, 4.69) is 4.98 Å². The lowest BCUT2D eigenvalue weighted by Crippen LogP contribution is -1.96. The minimum absolute atomic E-state index is 0.222. The molecule has 0 aliphatic heterocycles. The first-order chi connectivity index (χ1) is 9.06. The van der Waals surface area contributed by atoms with Crippen LogP contribution in [-0.2, 0) is 0 Å². The molecule has 0 bridgehead atoms. The number of methoxy groups -OCH3 is 1. The molecule has 3 nitrogen and oxygen atoms in total. The summed E-state index contributed by atoms with van der Waals surface area (Å²) in [5.74, 6) is 0.349. The molecule has 0 aliphatic rings. The van der Waals surface area contributed by atoms with Gasteiger partial charge in [0.2, 0.25) is 5.88 Å². The van der Waals surface area contributed by atoms with Crippen LogP contribution >= 0.6 is 34.8 Å². The maximum Gasteiger partial charge on any atom is 0.213 e. The number of carbonyl (C=O) groups excluding carboxylic acids is 1. The fourth-order valence-electron chi connectivity index (χ4n) is 1.62. The fourth-order valence-corrected chi connectivity index (χ4v) is 2.27. The molecular formula is C13H8Cl3NO2. The van der Waals surface area contributed by atoms with Crippen LogP contribution in [0.3, 0.4) is 0 Å². The molecule has 0 atom stereocenters. The summed E-state index contributed by atoms with van der Waals surface area (Å²) < 4.78 is 4.97. The van der Waals surface area contributed by atoms with E-state index in [-0.39, 0.29) is 5.69 Å². The maximum absolute atomic E-state index is 11.1. The van der Waals surface area contributed by atoms with Crippen LogP contribution in [0.4, 0.5) is 0 Å². The van der Waals surface area contributed by atoms with Gasteiger partial charge in [-0.15, -0.1) is 0 Å². The number of ether oxygens (including phenoxy) is 1. The molecule has 2 aromatic rings. The van der Waals surface area contributed by atoms with Crippen LogP contribution in [0.25, 0.3) is 11.1 Å². The van der Waals surface area contributed by atoms with Gasteiger partial charge >= 0.3 is 0 Å². The second-order valence-corrected chi connectivity index (χ2v) is 4.87. The number of halogens is 3. The number of rotatable bonds is 3. The summed E-state index contributed by atoms with van der Waals surface area (Å²) in [4.78, 5) is 15.2. The molecule has 0 spiro atoms. The van der Waals surface area contributed by atoms with E-state index in [1.54, 1.807) is 18.2 Å². The van der Waals surface area contributed by atoms with Gasteiger partial charge in [0.1, 0.15) is 5.69 Å². The van der Waals surface area contributed by atoms with Crippen LogP contribution in [-0.4, -0.2) is 18.4 Å². The minimum Gasteiger partial charge on any atom is -0.481 e. The molecule has 0 fully saturated rings. The van der Waals surface area contributed by atoms with Crippen LogP contribution < -0.4 is 4.74 Å². The summed E-state index contributed by atoms with van der Waals surface area (Å²) in [6.07, 6.45) is 0.636. The summed E-state index contributed by atoms with van der Waals surface area (Å²) in [5.41, 5.74) is 1.38. The van der Waals surface area contributed by atoms with E-state index in [4.69, 9.17) is 39.5 Å². The highest BCUT2D eigenvalue weighted by Gasteiger charge is 2.13. The topological polar surface area (TPSA) is 39.2 Å². The first-order valence-electron chi connectivity index (χ1n) is 5.22. The molecule has 19 heavy (non-hydrogen) atoms. The molecule has 1 aromatic heterocycles. The van der Waals surface area contributed by atoms with E-state index >= 15 is 0 Å². The highest BCUT2D eigenvalue weighted by atomic mass is 35.5. The lowest BCUT2D eigenvalue weighted by molar-refractivity contribution is 0.111. The number of pyridine rings is 1. The van der Waals surface area contributed by atoms with Crippen molar-refractivity contribution in [2.75, 3.05) is 7.11 Å². The molecule has 98 valence electrons. The average molecular weight is 317 g/mol. The monoisotopic (exact) mass is 315 g/mol. The summed E-state index contributed by atoms with van der Waals surface area (Å²) in [6, 6.07) is 6.46. The van der Waals surface area contributed by atoms with Gasteiger partial charge in [0, 0.05) is 17.2 Å². The van der Waals surface area contributed by atoms with Crippen molar-refractivity contribution in [1.29, 1.82) is 0 Å². The smallest absolute Gasteiger partial charge is 0.213 e. The van der Waals surface area contributed by atoms with E-state index < -0.39 is 0 Å². The van der Waals surface area contributed by atoms with E-state index in [1.807, 2.05) is 0 Å². The van der Waals surface area contributed by atoms with Gasteiger partial charge in [0.05, 0.1) is 22.2 Å². The number of hydrogen-bond donors (Lipinski definition) is 0. The van der Waals surface area contributed by atoms with Crippen molar-refractivity contribution in [1.82, 2.24) is 4.98 Å². The minimum atomic E-state index is 0.222. The molecule has 1 aromatic carbocycles. The van der Waals surface area contributed by atoms with Crippen LogP contribution in [0.1, 0.15) is 10.5 Å². The van der Waals surface area contributed by atoms with Crippen molar-refractivity contribution in [2.24, 2.45) is 0 Å². The largest absolute Gasteiger partial charge is 0.481 e. The molecule has 0 saturated carbocycles. The molecule has 2 rings (SSSR count). The van der Waals surface area contributed by atoms with Crippen LogP contribution in [0.15, 0.2) is 24.3 Å².